The Morgan fingerprint density at radius 2 is 1.65 bits per heavy atom. The monoisotopic (exact) mass is 348 g/mol. The minimum Gasteiger partial charge on any atom is -0.497 e. The molecule has 0 spiro atoms. The van der Waals surface area contributed by atoms with Crippen LogP contribution >= 0.6 is 0 Å². The number of hydrogen-bond donors (Lipinski definition) is 0. The van der Waals surface area contributed by atoms with E-state index in [4.69, 9.17) is 14.7 Å². The van der Waals surface area contributed by atoms with Gasteiger partial charge in [-0.1, -0.05) is 44.4 Å². The Labute approximate surface area is 156 Å². The number of fused-ring (bicyclic) bond motifs is 1. The van der Waals surface area contributed by atoms with Crippen molar-refractivity contribution in [3.05, 3.63) is 29.7 Å². The van der Waals surface area contributed by atoms with Crippen molar-refractivity contribution in [2.45, 2.75) is 70.1 Å². The molecular formula is C23H28N2O. The molecular weight excluding hydrogens is 320 g/mol. The van der Waals surface area contributed by atoms with Gasteiger partial charge in [-0.25, -0.2) is 9.97 Å². The van der Waals surface area contributed by atoms with Crippen LogP contribution in [0.25, 0.3) is 10.9 Å². The second-order valence-corrected chi connectivity index (χ2v) is 7.75. The smallest absolute Gasteiger partial charge is 0.205 e. The van der Waals surface area contributed by atoms with E-state index in [1.807, 2.05) is 12.1 Å². The van der Waals surface area contributed by atoms with Crippen LogP contribution in [0.4, 0.5) is 0 Å². The quantitative estimate of drug-likeness (QED) is 0.661. The molecule has 1 aromatic heterocycles. The van der Waals surface area contributed by atoms with Crippen LogP contribution in [-0.2, 0) is 0 Å². The number of nitrogens with zero attached hydrogens (tertiary/aromatic N) is 2. The van der Waals surface area contributed by atoms with E-state index in [2.05, 4.69) is 17.9 Å². The summed E-state index contributed by atoms with van der Waals surface area (Å²) in [6.45, 7) is 0. The van der Waals surface area contributed by atoms with Crippen molar-refractivity contribution in [3.63, 3.8) is 0 Å². The molecule has 4 rings (SSSR count). The largest absolute Gasteiger partial charge is 0.497 e. The van der Waals surface area contributed by atoms with Crippen molar-refractivity contribution in [1.82, 2.24) is 9.97 Å². The summed E-state index contributed by atoms with van der Waals surface area (Å²) in [5.41, 5.74) is 2.18. The average Bonchev–Trinajstić information content (AvgIpc) is 2.72. The van der Waals surface area contributed by atoms with Crippen LogP contribution in [0.5, 0.6) is 5.75 Å². The van der Waals surface area contributed by atoms with E-state index in [0.29, 0.717) is 17.7 Å². The molecule has 26 heavy (non-hydrogen) atoms. The van der Waals surface area contributed by atoms with Gasteiger partial charge >= 0.3 is 0 Å². The number of rotatable bonds is 2. The summed E-state index contributed by atoms with van der Waals surface area (Å²) >= 11 is 0. The predicted octanol–water partition coefficient (Wildman–Crippen LogP) is 5.62. The van der Waals surface area contributed by atoms with E-state index in [-0.39, 0.29) is 0 Å². The van der Waals surface area contributed by atoms with Gasteiger partial charge in [0.2, 0.25) is 5.82 Å². The zero-order valence-corrected chi connectivity index (χ0v) is 15.8. The fraction of sp³-hybridized carbons (Fsp3) is 0.565. The third kappa shape index (κ3) is 3.85. The first-order valence-corrected chi connectivity index (χ1v) is 10.2. The van der Waals surface area contributed by atoms with Gasteiger partial charge in [0.05, 0.1) is 18.3 Å². The minimum atomic E-state index is 0.525. The van der Waals surface area contributed by atoms with E-state index in [0.717, 1.165) is 16.7 Å². The lowest BCUT2D eigenvalue weighted by Crippen LogP contribution is -2.09. The standard InChI is InChI=1S/C23H28N2O/c1-26-19-13-14-21-20(16-19)23(18-10-6-3-7-11-18)25-22(24-21)15-12-17-8-4-2-5-9-17/h13-14,16-18H,2-11H2,1H3. The first kappa shape index (κ1) is 17.3. The van der Waals surface area contributed by atoms with E-state index >= 15 is 0 Å². The van der Waals surface area contributed by atoms with E-state index in [9.17, 15) is 0 Å². The van der Waals surface area contributed by atoms with Crippen molar-refractivity contribution >= 4 is 10.9 Å². The van der Waals surface area contributed by atoms with Crippen molar-refractivity contribution in [1.29, 1.82) is 0 Å². The average molecular weight is 348 g/mol. The van der Waals surface area contributed by atoms with Crippen molar-refractivity contribution in [3.8, 4) is 17.6 Å². The normalized spacial score (nSPS) is 19.1. The molecule has 3 nitrogen and oxygen atoms in total. The van der Waals surface area contributed by atoms with Crippen LogP contribution in [0.3, 0.4) is 0 Å². The van der Waals surface area contributed by atoms with Gasteiger partial charge in [-0.15, -0.1) is 0 Å². The first-order valence-electron chi connectivity index (χ1n) is 10.2. The maximum absolute atomic E-state index is 5.44. The highest BCUT2D eigenvalue weighted by Gasteiger charge is 2.21. The summed E-state index contributed by atoms with van der Waals surface area (Å²) in [6, 6.07) is 6.13. The van der Waals surface area contributed by atoms with Gasteiger partial charge in [-0.3, -0.25) is 0 Å². The number of hydrogen-bond acceptors (Lipinski definition) is 3. The highest BCUT2D eigenvalue weighted by atomic mass is 16.5. The van der Waals surface area contributed by atoms with Gasteiger partial charge in [-0.2, -0.15) is 0 Å². The van der Waals surface area contributed by atoms with Crippen LogP contribution in [0.1, 0.15) is 81.6 Å². The maximum Gasteiger partial charge on any atom is 0.205 e. The molecule has 136 valence electrons. The Morgan fingerprint density at radius 3 is 2.38 bits per heavy atom. The summed E-state index contributed by atoms with van der Waals surface area (Å²) in [5.74, 6) is 9.39. The van der Waals surface area contributed by atoms with E-state index in [1.54, 1.807) is 7.11 Å². The van der Waals surface area contributed by atoms with Crippen LogP contribution in [0, 0.1) is 17.8 Å². The van der Waals surface area contributed by atoms with Crippen LogP contribution in [0.15, 0.2) is 18.2 Å². The Hall–Kier alpha value is -2.08. The van der Waals surface area contributed by atoms with Crippen LogP contribution in [-0.4, -0.2) is 17.1 Å². The molecule has 0 radical (unpaired) electrons. The second-order valence-electron chi connectivity index (χ2n) is 7.75. The second kappa shape index (κ2) is 8.08. The molecule has 0 saturated heterocycles. The summed E-state index contributed by atoms with van der Waals surface area (Å²) < 4.78 is 5.44. The van der Waals surface area contributed by atoms with E-state index < -0.39 is 0 Å². The molecule has 1 heterocycles. The SMILES string of the molecule is COc1ccc2nc(C#CC3CCCCC3)nc(C3CCCCC3)c2c1. The van der Waals surface area contributed by atoms with Crippen LogP contribution in [0.2, 0.25) is 0 Å². The van der Waals surface area contributed by atoms with Gasteiger partial charge in [0.25, 0.3) is 0 Å². The van der Waals surface area contributed by atoms with Gasteiger partial charge in [0, 0.05) is 17.2 Å². The Kier molecular flexibility index (Phi) is 5.39. The highest BCUT2D eigenvalue weighted by Crippen LogP contribution is 2.36. The molecule has 0 aliphatic heterocycles. The zero-order valence-electron chi connectivity index (χ0n) is 15.8. The third-order valence-electron chi connectivity index (χ3n) is 5.92. The Balaban J connectivity index is 1.73. The molecule has 2 aliphatic rings. The Morgan fingerprint density at radius 1 is 0.923 bits per heavy atom. The lowest BCUT2D eigenvalue weighted by molar-refractivity contribution is 0.415. The molecule has 1 aromatic carbocycles. The molecule has 0 amide bonds. The van der Waals surface area contributed by atoms with Crippen LogP contribution < -0.4 is 4.74 Å². The summed E-state index contributed by atoms with van der Waals surface area (Å²) in [5, 5.41) is 1.14. The fourth-order valence-corrected chi connectivity index (χ4v) is 4.41. The molecule has 2 fully saturated rings. The summed E-state index contributed by atoms with van der Waals surface area (Å²) in [7, 11) is 1.71. The predicted molar refractivity (Wildman–Crippen MR) is 105 cm³/mol. The van der Waals surface area contributed by atoms with Crippen molar-refractivity contribution in [2.24, 2.45) is 5.92 Å². The molecule has 0 bridgehead atoms. The molecule has 2 aliphatic carbocycles. The van der Waals surface area contributed by atoms with Crippen molar-refractivity contribution < 1.29 is 4.74 Å². The molecule has 3 heteroatoms. The van der Waals surface area contributed by atoms with Gasteiger partial charge in [0.15, 0.2) is 0 Å². The maximum atomic E-state index is 5.44. The lowest BCUT2D eigenvalue weighted by atomic mass is 9.85. The molecule has 2 aromatic rings. The first-order chi connectivity index (χ1) is 12.8. The molecule has 0 unspecified atom stereocenters. The number of methoxy groups -OCH3 is 1. The Bertz CT molecular complexity index is 821. The zero-order chi connectivity index (χ0) is 17.8. The number of benzene rings is 1. The molecule has 0 atom stereocenters. The van der Waals surface area contributed by atoms with Gasteiger partial charge in [-0.05, 0) is 49.8 Å². The third-order valence-corrected chi connectivity index (χ3v) is 5.92. The summed E-state index contributed by atoms with van der Waals surface area (Å²) in [6.07, 6.45) is 12.8. The minimum absolute atomic E-state index is 0.525. The number of ether oxygens (including phenoxy) is 1. The number of aromatic nitrogens is 2. The lowest BCUT2D eigenvalue weighted by Gasteiger charge is -2.22. The fourth-order valence-electron chi connectivity index (χ4n) is 4.41. The van der Waals surface area contributed by atoms with Gasteiger partial charge < -0.3 is 4.74 Å². The molecule has 0 N–H and O–H groups in total. The van der Waals surface area contributed by atoms with Gasteiger partial charge in [0.1, 0.15) is 5.75 Å². The molecule has 2 saturated carbocycles. The topological polar surface area (TPSA) is 35.0 Å². The summed E-state index contributed by atoms with van der Waals surface area (Å²) in [4.78, 5) is 9.69. The van der Waals surface area contributed by atoms with Crippen molar-refractivity contribution in [2.75, 3.05) is 7.11 Å². The van der Waals surface area contributed by atoms with E-state index in [1.165, 1.54) is 69.9 Å². The highest BCUT2D eigenvalue weighted by molar-refractivity contribution is 5.83.